The molecule has 0 saturated carbocycles. The number of sulfonamides is 1. The molecule has 7 nitrogen and oxygen atoms in total. The van der Waals surface area contributed by atoms with Crippen LogP contribution in [0, 0.1) is 6.92 Å². The molecular formula is C22H28N2O5S. The minimum atomic E-state index is -3.58. The van der Waals surface area contributed by atoms with Gasteiger partial charge in [-0.2, -0.15) is 4.31 Å². The Morgan fingerprint density at radius 3 is 2.33 bits per heavy atom. The van der Waals surface area contributed by atoms with Crippen LogP contribution in [-0.4, -0.2) is 63.5 Å². The lowest BCUT2D eigenvalue weighted by molar-refractivity contribution is -0.142. The summed E-state index contributed by atoms with van der Waals surface area (Å²) in [5.74, 6) is -0.0778. The van der Waals surface area contributed by atoms with Gasteiger partial charge in [-0.25, -0.2) is 13.2 Å². The van der Waals surface area contributed by atoms with Crippen LogP contribution >= 0.6 is 0 Å². The van der Waals surface area contributed by atoms with Crippen molar-refractivity contribution in [3.63, 3.8) is 0 Å². The van der Waals surface area contributed by atoms with E-state index in [9.17, 15) is 13.2 Å². The summed E-state index contributed by atoms with van der Waals surface area (Å²) in [7, 11) is -2.30. The van der Waals surface area contributed by atoms with Crippen molar-refractivity contribution in [2.75, 3.05) is 39.9 Å². The highest BCUT2D eigenvalue weighted by atomic mass is 32.2. The summed E-state index contributed by atoms with van der Waals surface area (Å²) in [4.78, 5) is 13.7. The highest BCUT2D eigenvalue weighted by Gasteiger charge is 2.27. The monoisotopic (exact) mass is 432 g/mol. The summed E-state index contributed by atoms with van der Waals surface area (Å²) in [5.41, 5.74) is 2.47. The summed E-state index contributed by atoms with van der Waals surface area (Å²) >= 11 is 0. The number of hydrogen-bond donors (Lipinski definition) is 0. The zero-order chi connectivity index (χ0) is 21.6. The molecule has 0 radical (unpaired) electrons. The average molecular weight is 433 g/mol. The first-order valence-electron chi connectivity index (χ1n) is 9.96. The van der Waals surface area contributed by atoms with Gasteiger partial charge in [0.1, 0.15) is 5.75 Å². The number of nitrogens with zero attached hydrogens (tertiary/aromatic N) is 2. The van der Waals surface area contributed by atoms with Gasteiger partial charge in [-0.1, -0.05) is 29.8 Å². The summed E-state index contributed by atoms with van der Waals surface area (Å²) in [6.45, 7) is 5.16. The Balaban J connectivity index is 1.60. The molecule has 8 heteroatoms. The molecule has 1 fully saturated rings. The lowest BCUT2D eigenvalue weighted by Crippen LogP contribution is -2.35. The van der Waals surface area contributed by atoms with Gasteiger partial charge in [-0.05, 0) is 49.7 Å². The van der Waals surface area contributed by atoms with Gasteiger partial charge in [0.2, 0.25) is 10.0 Å². The maximum absolute atomic E-state index is 13.1. The first-order chi connectivity index (χ1) is 14.4. The maximum atomic E-state index is 13.1. The normalized spacial score (nSPS) is 16.1. The van der Waals surface area contributed by atoms with Gasteiger partial charge in [0, 0.05) is 26.2 Å². The van der Waals surface area contributed by atoms with Crippen LogP contribution in [0.3, 0.4) is 0 Å². The van der Waals surface area contributed by atoms with E-state index in [1.165, 1.54) is 30.4 Å². The molecule has 1 saturated heterocycles. The summed E-state index contributed by atoms with van der Waals surface area (Å²) in [5, 5.41) is 0. The van der Waals surface area contributed by atoms with Gasteiger partial charge >= 0.3 is 5.97 Å². The zero-order valence-corrected chi connectivity index (χ0v) is 18.2. The number of methoxy groups -OCH3 is 1. The number of ether oxygens (including phenoxy) is 2. The molecule has 1 aliphatic rings. The molecule has 0 unspecified atom stereocenters. The van der Waals surface area contributed by atoms with Crippen LogP contribution in [-0.2, 0) is 26.1 Å². The van der Waals surface area contributed by atoms with E-state index in [1.807, 2.05) is 0 Å². The molecule has 0 amide bonds. The first-order valence-corrected chi connectivity index (χ1v) is 11.4. The number of carbonyl (C=O) groups excluding carboxylic acids is 1. The van der Waals surface area contributed by atoms with E-state index in [2.05, 4.69) is 40.8 Å². The fraction of sp³-hybridized carbons (Fsp3) is 0.409. The number of benzene rings is 2. The highest BCUT2D eigenvalue weighted by Crippen LogP contribution is 2.21. The topological polar surface area (TPSA) is 76.1 Å². The van der Waals surface area contributed by atoms with Gasteiger partial charge in [0.15, 0.2) is 6.61 Å². The van der Waals surface area contributed by atoms with Crippen LogP contribution in [0.4, 0.5) is 0 Å². The Bertz CT molecular complexity index is 942. The van der Waals surface area contributed by atoms with Crippen LogP contribution in [0.1, 0.15) is 17.5 Å². The second kappa shape index (κ2) is 10.1. The number of hydrogen-bond acceptors (Lipinski definition) is 6. The zero-order valence-electron chi connectivity index (χ0n) is 17.4. The van der Waals surface area contributed by atoms with Crippen molar-refractivity contribution in [1.82, 2.24) is 9.21 Å². The summed E-state index contributed by atoms with van der Waals surface area (Å²) < 4.78 is 37.5. The van der Waals surface area contributed by atoms with E-state index in [1.54, 1.807) is 16.4 Å². The van der Waals surface area contributed by atoms with E-state index < -0.39 is 16.0 Å². The van der Waals surface area contributed by atoms with Crippen LogP contribution in [0.2, 0.25) is 0 Å². The van der Waals surface area contributed by atoms with Gasteiger partial charge < -0.3 is 9.47 Å². The third-order valence-electron chi connectivity index (χ3n) is 5.12. The van der Waals surface area contributed by atoms with Crippen LogP contribution in [0.15, 0.2) is 53.4 Å². The van der Waals surface area contributed by atoms with Crippen molar-refractivity contribution in [3.05, 3.63) is 59.7 Å². The first kappa shape index (κ1) is 22.3. The Morgan fingerprint density at radius 2 is 1.67 bits per heavy atom. The van der Waals surface area contributed by atoms with E-state index in [-0.39, 0.29) is 11.5 Å². The number of carbonyl (C=O) groups is 1. The number of aryl methyl sites for hydroxylation is 1. The van der Waals surface area contributed by atoms with Gasteiger partial charge in [0.05, 0.1) is 12.0 Å². The molecule has 0 aliphatic carbocycles. The third-order valence-corrected chi connectivity index (χ3v) is 7.03. The molecule has 30 heavy (non-hydrogen) atoms. The molecule has 2 aromatic carbocycles. The quantitative estimate of drug-likeness (QED) is 0.626. The molecule has 0 aromatic heterocycles. The van der Waals surface area contributed by atoms with Crippen molar-refractivity contribution in [2.45, 2.75) is 24.8 Å². The summed E-state index contributed by atoms with van der Waals surface area (Å²) in [6.07, 6.45) is 0.783. The van der Waals surface area contributed by atoms with Crippen LogP contribution in [0.25, 0.3) is 0 Å². The van der Waals surface area contributed by atoms with E-state index >= 15 is 0 Å². The largest absolute Gasteiger partial charge is 0.482 e. The Labute approximate surface area is 178 Å². The fourth-order valence-electron chi connectivity index (χ4n) is 3.36. The molecule has 2 aromatic rings. The van der Waals surface area contributed by atoms with Crippen molar-refractivity contribution in [1.29, 1.82) is 0 Å². The van der Waals surface area contributed by atoms with E-state index in [0.29, 0.717) is 25.4 Å². The molecule has 162 valence electrons. The average Bonchev–Trinajstić information content (AvgIpc) is 3.00. The predicted octanol–water partition coefficient (Wildman–Crippen LogP) is 2.44. The molecule has 3 rings (SSSR count). The Hall–Kier alpha value is -2.42. The molecule has 1 aliphatic heterocycles. The van der Waals surface area contributed by atoms with Crippen molar-refractivity contribution >= 4 is 16.0 Å². The minimum absolute atomic E-state index is 0.217. The van der Waals surface area contributed by atoms with Crippen molar-refractivity contribution in [3.8, 4) is 5.75 Å². The molecule has 0 atom stereocenters. The maximum Gasteiger partial charge on any atom is 0.343 e. The molecule has 0 spiro atoms. The van der Waals surface area contributed by atoms with Crippen molar-refractivity contribution < 1.29 is 22.7 Å². The predicted molar refractivity (Wildman–Crippen MR) is 114 cm³/mol. The molecular weight excluding hydrogens is 404 g/mol. The van der Waals surface area contributed by atoms with Gasteiger partial charge in [-0.3, -0.25) is 4.90 Å². The third kappa shape index (κ3) is 5.81. The second-order valence-corrected chi connectivity index (χ2v) is 9.29. The molecule has 1 heterocycles. The summed E-state index contributed by atoms with van der Waals surface area (Å²) in [6, 6.07) is 14.6. The Kier molecular flexibility index (Phi) is 7.47. The van der Waals surface area contributed by atoms with Gasteiger partial charge in [-0.15, -0.1) is 0 Å². The minimum Gasteiger partial charge on any atom is -0.482 e. The number of rotatable bonds is 7. The molecule has 0 bridgehead atoms. The highest BCUT2D eigenvalue weighted by molar-refractivity contribution is 7.89. The lowest BCUT2D eigenvalue weighted by Gasteiger charge is -2.22. The second-order valence-electron chi connectivity index (χ2n) is 7.36. The Morgan fingerprint density at radius 1 is 0.967 bits per heavy atom. The standard InChI is InChI=1S/C22H28N2O5S/c1-18-4-6-19(7-5-18)16-23-12-3-13-24(15-14-23)30(26,27)21-10-8-20(9-11-21)29-17-22(25)28-2/h4-11H,3,12-17H2,1-2H3. The lowest BCUT2D eigenvalue weighted by atomic mass is 10.1. The smallest absolute Gasteiger partial charge is 0.343 e. The SMILES string of the molecule is COC(=O)COc1ccc(S(=O)(=O)N2CCCN(Cc3ccc(C)cc3)CC2)cc1. The molecule has 0 N–H and O–H groups in total. The van der Waals surface area contributed by atoms with E-state index in [0.717, 1.165) is 19.5 Å². The van der Waals surface area contributed by atoms with Crippen LogP contribution in [0.5, 0.6) is 5.75 Å². The fourth-order valence-corrected chi connectivity index (χ4v) is 4.83. The van der Waals surface area contributed by atoms with Gasteiger partial charge in [0.25, 0.3) is 0 Å². The van der Waals surface area contributed by atoms with Crippen LogP contribution < -0.4 is 4.74 Å². The van der Waals surface area contributed by atoms with Crippen molar-refractivity contribution in [2.24, 2.45) is 0 Å². The number of esters is 1. The van der Waals surface area contributed by atoms with E-state index in [4.69, 9.17) is 4.74 Å².